The highest BCUT2D eigenvalue weighted by molar-refractivity contribution is 5.70. The third-order valence-electron chi connectivity index (χ3n) is 3.04. The third kappa shape index (κ3) is 3.24. The number of hydrogen-bond acceptors (Lipinski definition) is 3. The van der Waals surface area contributed by atoms with E-state index >= 15 is 0 Å². The summed E-state index contributed by atoms with van der Waals surface area (Å²) in [5.41, 5.74) is 2.64. The summed E-state index contributed by atoms with van der Waals surface area (Å²) in [6, 6.07) is 7.76. The molecule has 4 nitrogen and oxygen atoms in total. The molecule has 1 aromatic carbocycles. The van der Waals surface area contributed by atoms with Gasteiger partial charge in [0.05, 0.1) is 12.5 Å². The van der Waals surface area contributed by atoms with Crippen molar-refractivity contribution in [2.75, 3.05) is 6.54 Å². The second kappa shape index (κ2) is 6.06. The first-order chi connectivity index (χ1) is 8.79. The summed E-state index contributed by atoms with van der Waals surface area (Å²) >= 11 is 0. The van der Waals surface area contributed by atoms with Crippen LogP contribution in [-0.4, -0.2) is 12.6 Å². The minimum atomic E-state index is -0.499. The smallest absolute Gasteiger partial charge is 0.410 e. The van der Waals surface area contributed by atoms with Crippen molar-refractivity contribution in [3.05, 3.63) is 29.3 Å². The number of nitrogens with one attached hydrogen (secondary N) is 1. The predicted molar refractivity (Wildman–Crippen MR) is 67.3 cm³/mol. The molecule has 0 heterocycles. The molecule has 1 N–H and O–H groups in total. The van der Waals surface area contributed by atoms with E-state index in [1.165, 1.54) is 24.0 Å². The van der Waals surface area contributed by atoms with Gasteiger partial charge in [0, 0.05) is 6.54 Å². The van der Waals surface area contributed by atoms with Crippen LogP contribution in [0.15, 0.2) is 18.2 Å². The topological polar surface area (TPSA) is 62.1 Å². The van der Waals surface area contributed by atoms with Crippen molar-refractivity contribution in [2.24, 2.45) is 0 Å². The number of amides is 1. The molecule has 1 aliphatic carbocycles. The molecule has 0 atom stereocenters. The highest BCUT2D eigenvalue weighted by Gasteiger charge is 2.11. The van der Waals surface area contributed by atoms with Gasteiger partial charge in [-0.2, -0.15) is 5.26 Å². The van der Waals surface area contributed by atoms with Crippen LogP contribution in [0.25, 0.3) is 0 Å². The molecular formula is C14H16N2O2. The van der Waals surface area contributed by atoms with Crippen LogP contribution in [0.4, 0.5) is 4.79 Å². The number of fused-ring (bicyclic) bond motifs is 1. The first-order valence-corrected chi connectivity index (χ1v) is 6.24. The van der Waals surface area contributed by atoms with E-state index in [0.29, 0.717) is 18.7 Å². The Labute approximate surface area is 107 Å². The molecule has 0 bridgehead atoms. The second-order valence-electron chi connectivity index (χ2n) is 4.36. The molecule has 4 heteroatoms. The van der Waals surface area contributed by atoms with E-state index in [0.717, 1.165) is 12.8 Å². The van der Waals surface area contributed by atoms with Crippen LogP contribution in [0.1, 0.15) is 30.4 Å². The maximum absolute atomic E-state index is 11.4. The fourth-order valence-electron chi connectivity index (χ4n) is 2.14. The van der Waals surface area contributed by atoms with Gasteiger partial charge < -0.3 is 10.1 Å². The van der Waals surface area contributed by atoms with Crippen molar-refractivity contribution in [3.8, 4) is 11.8 Å². The molecule has 0 aromatic heterocycles. The van der Waals surface area contributed by atoms with Gasteiger partial charge in [-0.25, -0.2) is 4.79 Å². The maximum atomic E-state index is 11.4. The number of carbonyl (C=O) groups excluding carboxylic acids is 1. The van der Waals surface area contributed by atoms with Gasteiger partial charge in [-0.05, 0) is 48.9 Å². The van der Waals surface area contributed by atoms with E-state index in [9.17, 15) is 4.79 Å². The Bertz CT molecular complexity index is 477. The van der Waals surface area contributed by atoms with Crippen molar-refractivity contribution >= 4 is 6.09 Å². The molecule has 2 rings (SSSR count). The highest BCUT2D eigenvalue weighted by Crippen LogP contribution is 2.25. The van der Waals surface area contributed by atoms with Crippen LogP contribution >= 0.6 is 0 Å². The number of benzene rings is 1. The fourth-order valence-corrected chi connectivity index (χ4v) is 2.14. The molecular weight excluding hydrogens is 228 g/mol. The maximum Gasteiger partial charge on any atom is 0.412 e. The predicted octanol–water partition coefficient (Wildman–Crippen LogP) is 2.57. The zero-order valence-corrected chi connectivity index (χ0v) is 10.2. The van der Waals surface area contributed by atoms with Gasteiger partial charge >= 0.3 is 6.09 Å². The van der Waals surface area contributed by atoms with Gasteiger partial charge in [0.15, 0.2) is 0 Å². The summed E-state index contributed by atoms with van der Waals surface area (Å²) in [6.45, 7) is 0.320. The van der Waals surface area contributed by atoms with Crippen molar-refractivity contribution in [1.29, 1.82) is 5.26 Å². The van der Waals surface area contributed by atoms with Crippen molar-refractivity contribution in [1.82, 2.24) is 5.32 Å². The molecule has 1 aromatic rings. The number of rotatable bonds is 3. The molecule has 18 heavy (non-hydrogen) atoms. The standard InChI is InChI=1S/C14H16N2O2/c15-8-3-9-16-14(17)18-13-7-6-11-4-1-2-5-12(11)10-13/h6-7,10H,1-5,9H2,(H,16,17). The zero-order valence-electron chi connectivity index (χ0n) is 10.2. The summed E-state index contributed by atoms with van der Waals surface area (Å²) < 4.78 is 5.17. The number of aryl methyl sites for hydroxylation is 2. The first-order valence-electron chi connectivity index (χ1n) is 6.24. The van der Waals surface area contributed by atoms with Crippen LogP contribution in [0.2, 0.25) is 0 Å². The van der Waals surface area contributed by atoms with Crippen LogP contribution in [0.5, 0.6) is 5.75 Å². The number of carbonyl (C=O) groups is 1. The Morgan fingerprint density at radius 3 is 2.89 bits per heavy atom. The fraction of sp³-hybridized carbons (Fsp3) is 0.429. The van der Waals surface area contributed by atoms with Crippen LogP contribution < -0.4 is 10.1 Å². The summed E-state index contributed by atoms with van der Waals surface area (Å²) in [5.74, 6) is 0.574. The van der Waals surface area contributed by atoms with Crippen molar-refractivity contribution < 1.29 is 9.53 Å². The van der Waals surface area contributed by atoms with Crippen LogP contribution in [-0.2, 0) is 12.8 Å². The van der Waals surface area contributed by atoms with Gasteiger partial charge in [-0.15, -0.1) is 0 Å². The first kappa shape index (κ1) is 12.4. The minimum absolute atomic E-state index is 0.291. The number of hydrogen-bond donors (Lipinski definition) is 1. The zero-order chi connectivity index (χ0) is 12.8. The van der Waals surface area contributed by atoms with Gasteiger partial charge in [0.1, 0.15) is 5.75 Å². The second-order valence-corrected chi connectivity index (χ2v) is 4.36. The van der Waals surface area contributed by atoms with Gasteiger partial charge in [0.25, 0.3) is 0 Å². The third-order valence-corrected chi connectivity index (χ3v) is 3.04. The molecule has 0 fully saturated rings. The normalized spacial score (nSPS) is 13.3. The van der Waals surface area contributed by atoms with E-state index in [4.69, 9.17) is 10.00 Å². The SMILES string of the molecule is N#CCCNC(=O)Oc1ccc2c(c1)CCCC2. The molecule has 0 unspecified atom stereocenters. The molecule has 0 saturated heterocycles. The summed E-state index contributed by atoms with van der Waals surface area (Å²) in [5, 5.41) is 10.9. The monoisotopic (exact) mass is 244 g/mol. The van der Waals surface area contributed by atoms with Crippen LogP contribution in [0, 0.1) is 11.3 Å². The van der Waals surface area contributed by atoms with E-state index in [2.05, 4.69) is 5.32 Å². The highest BCUT2D eigenvalue weighted by atomic mass is 16.6. The lowest BCUT2D eigenvalue weighted by molar-refractivity contribution is 0.200. The van der Waals surface area contributed by atoms with E-state index in [1.54, 1.807) is 0 Å². The van der Waals surface area contributed by atoms with E-state index in [-0.39, 0.29) is 0 Å². The molecule has 0 saturated carbocycles. The number of nitrogens with zero attached hydrogens (tertiary/aromatic N) is 1. The summed E-state index contributed by atoms with van der Waals surface area (Å²) in [7, 11) is 0. The minimum Gasteiger partial charge on any atom is -0.410 e. The average molecular weight is 244 g/mol. The molecule has 0 radical (unpaired) electrons. The largest absolute Gasteiger partial charge is 0.412 e. The lowest BCUT2D eigenvalue weighted by Crippen LogP contribution is -2.27. The number of nitriles is 1. The molecule has 94 valence electrons. The average Bonchev–Trinajstić information content (AvgIpc) is 2.39. The summed E-state index contributed by atoms with van der Waals surface area (Å²) in [4.78, 5) is 11.4. The van der Waals surface area contributed by atoms with E-state index in [1.807, 2.05) is 24.3 Å². The lowest BCUT2D eigenvalue weighted by Gasteiger charge is -2.16. The number of ether oxygens (including phenoxy) is 1. The molecule has 0 spiro atoms. The van der Waals surface area contributed by atoms with Gasteiger partial charge in [-0.3, -0.25) is 0 Å². The van der Waals surface area contributed by atoms with Crippen molar-refractivity contribution in [3.63, 3.8) is 0 Å². The van der Waals surface area contributed by atoms with Gasteiger partial charge in [0.2, 0.25) is 0 Å². The lowest BCUT2D eigenvalue weighted by atomic mass is 9.92. The molecule has 1 aliphatic rings. The quantitative estimate of drug-likeness (QED) is 0.831. The molecule has 0 aliphatic heterocycles. The summed E-state index contributed by atoms with van der Waals surface area (Å²) in [6.07, 6.45) is 4.40. The van der Waals surface area contributed by atoms with Crippen molar-refractivity contribution in [2.45, 2.75) is 32.1 Å². The Morgan fingerprint density at radius 1 is 1.33 bits per heavy atom. The van der Waals surface area contributed by atoms with Crippen LogP contribution in [0.3, 0.4) is 0 Å². The molecule has 1 amide bonds. The Hall–Kier alpha value is -2.02. The van der Waals surface area contributed by atoms with Gasteiger partial charge in [-0.1, -0.05) is 6.07 Å². The Balaban J connectivity index is 1.93. The Morgan fingerprint density at radius 2 is 2.11 bits per heavy atom. The van der Waals surface area contributed by atoms with E-state index < -0.39 is 6.09 Å². The Kier molecular flexibility index (Phi) is 4.19.